The van der Waals surface area contributed by atoms with Gasteiger partial charge in [-0.15, -0.1) is 0 Å². The number of rotatable bonds is 5. The first-order chi connectivity index (χ1) is 12.2. The number of benzene rings is 2. The Morgan fingerprint density at radius 1 is 1.00 bits per heavy atom. The Bertz CT molecular complexity index is 742. The van der Waals surface area contributed by atoms with Gasteiger partial charge in [-0.05, 0) is 36.2 Å². The number of carbonyl (C=O) groups excluding carboxylic acids is 1. The molecule has 25 heavy (non-hydrogen) atoms. The summed E-state index contributed by atoms with van der Waals surface area (Å²) in [4.78, 5) is 14.8. The number of ether oxygens (including phenoxy) is 3. The zero-order valence-electron chi connectivity index (χ0n) is 14.8. The molecule has 1 fully saturated rings. The molecule has 5 nitrogen and oxygen atoms in total. The van der Waals surface area contributed by atoms with E-state index < -0.39 is 0 Å². The van der Waals surface area contributed by atoms with Crippen molar-refractivity contribution in [2.45, 2.75) is 12.3 Å². The maximum Gasteiger partial charge on any atom is 0.257 e. The van der Waals surface area contributed by atoms with Crippen LogP contribution in [0.4, 0.5) is 0 Å². The molecule has 1 aliphatic rings. The summed E-state index contributed by atoms with van der Waals surface area (Å²) >= 11 is 0. The third-order valence-corrected chi connectivity index (χ3v) is 4.70. The molecule has 0 aromatic heterocycles. The summed E-state index contributed by atoms with van der Waals surface area (Å²) in [5.74, 6) is 2.22. The summed E-state index contributed by atoms with van der Waals surface area (Å²) in [6, 6.07) is 13.5. The predicted molar refractivity (Wildman–Crippen MR) is 95.8 cm³/mol. The minimum atomic E-state index is -0.0215. The largest absolute Gasteiger partial charge is 0.497 e. The molecule has 0 N–H and O–H groups in total. The van der Waals surface area contributed by atoms with Crippen molar-refractivity contribution >= 4 is 5.91 Å². The zero-order chi connectivity index (χ0) is 17.8. The van der Waals surface area contributed by atoms with Crippen molar-refractivity contribution in [2.75, 3.05) is 34.4 Å². The van der Waals surface area contributed by atoms with Gasteiger partial charge in [-0.2, -0.15) is 0 Å². The van der Waals surface area contributed by atoms with E-state index in [-0.39, 0.29) is 5.91 Å². The standard InChI is InChI=1S/C20H23NO4/c1-23-16-9-7-14(8-10-16)15-11-12-21(13-15)20(22)17-5-4-6-18(24-2)19(17)25-3/h4-10,15H,11-13H2,1-3H3/t15-/m0/s1. The Hall–Kier alpha value is -2.69. The first-order valence-corrected chi connectivity index (χ1v) is 8.32. The molecule has 0 bridgehead atoms. The maximum atomic E-state index is 12.9. The SMILES string of the molecule is COc1ccc([C@H]2CCN(C(=O)c3cccc(OC)c3OC)C2)cc1. The first-order valence-electron chi connectivity index (χ1n) is 8.32. The summed E-state index contributed by atoms with van der Waals surface area (Å²) in [5, 5.41) is 0. The van der Waals surface area contributed by atoms with Crippen LogP contribution in [-0.4, -0.2) is 45.2 Å². The fourth-order valence-corrected chi connectivity index (χ4v) is 3.32. The lowest BCUT2D eigenvalue weighted by Gasteiger charge is -2.19. The molecular formula is C20H23NO4. The number of carbonyl (C=O) groups is 1. The van der Waals surface area contributed by atoms with Gasteiger partial charge in [-0.25, -0.2) is 0 Å². The molecular weight excluding hydrogens is 318 g/mol. The van der Waals surface area contributed by atoms with E-state index in [1.165, 1.54) is 5.56 Å². The van der Waals surface area contributed by atoms with Crippen molar-refractivity contribution in [3.05, 3.63) is 53.6 Å². The number of nitrogens with zero attached hydrogens (tertiary/aromatic N) is 1. The molecule has 132 valence electrons. The predicted octanol–water partition coefficient (Wildman–Crippen LogP) is 3.34. The maximum absolute atomic E-state index is 12.9. The van der Waals surface area contributed by atoms with Gasteiger partial charge in [-0.1, -0.05) is 18.2 Å². The van der Waals surface area contributed by atoms with Gasteiger partial charge in [0, 0.05) is 19.0 Å². The quantitative estimate of drug-likeness (QED) is 0.837. The summed E-state index contributed by atoms with van der Waals surface area (Å²) in [6.45, 7) is 1.43. The second kappa shape index (κ2) is 7.47. The van der Waals surface area contributed by atoms with Crippen LogP contribution in [0.5, 0.6) is 17.2 Å². The molecule has 0 aliphatic carbocycles. The molecule has 1 saturated heterocycles. The van der Waals surface area contributed by atoms with Crippen molar-refractivity contribution in [3.8, 4) is 17.2 Å². The van der Waals surface area contributed by atoms with Crippen LogP contribution < -0.4 is 14.2 Å². The van der Waals surface area contributed by atoms with Gasteiger partial charge in [-0.3, -0.25) is 4.79 Å². The number of likely N-dealkylation sites (tertiary alicyclic amines) is 1. The van der Waals surface area contributed by atoms with Crippen LogP contribution >= 0.6 is 0 Å². The Labute approximate surface area is 148 Å². The number of hydrogen-bond acceptors (Lipinski definition) is 4. The average Bonchev–Trinajstić information content (AvgIpc) is 3.16. The van der Waals surface area contributed by atoms with Gasteiger partial charge in [0.2, 0.25) is 0 Å². The highest BCUT2D eigenvalue weighted by Gasteiger charge is 2.30. The molecule has 2 aromatic rings. The van der Waals surface area contributed by atoms with Gasteiger partial charge in [0.25, 0.3) is 5.91 Å². The monoisotopic (exact) mass is 341 g/mol. The number of hydrogen-bond donors (Lipinski definition) is 0. The normalized spacial score (nSPS) is 16.6. The molecule has 0 saturated carbocycles. The summed E-state index contributed by atoms with van der Waals surface area (Å²) in [5.41, 5.74) is 1.77. The smallest absolute Gasteiger partial charge is 0.257 e. The number of amides is 1. The molecule has 3 rings (SSSR count). The van der Waals surface area contributed by atoms with E-state index in [4.69, 9.17) is 14.2 Å². The van der Waals surface area contributed by atoms with E-state index in [1.54, 1.807) is 33.5 Å². The summed E-state index contributed by atoms with van der Waals surface area (Å²) < 4.78 is 15.9. The van der Waals surface area contributed by atoms with E-state index in [0.29, 0.717) is 29.5 Å². The second-order valence-electron chi connectivity index (χ2n) is 6.05. The Balaban J connectivity index is 1.76. The minimum Gasteiger partial charge on any atom is -0.497 e. The van der Waals surface area contributed by atoms with Gasteiger partial charge in [0.05, 0.1) is 26.9 Å². The zero-order valence-corrected chi connectivity index (χ0v) is 14.8. The van der Waals surface area contributed by atoms with E-state index >= 15 is 0 Å². The molecule has 0 unspecified atom stereocenters. The molecule has 1 aliphatic heterocycles. The molecule has 0 radical (unpaired) electrons. The topological polar surface area (TPSA) is 48.0 Å². The molecule has 5 heteroatoms. The highest BCUT2D eigenvalue weighted by atomic mass is 16.5. The van der Waals surface area contributed by atoms with Crippen molar-refractivity contribution in [1.82, 2.24) is 4.90 Å². The van der Waals surface area contributed by atoms with Gasteiger partial charge < -0.3 is 19.1 Å². The van der Waals surface area contributed by atoms with Crippen LogP contribution in [0.2, 0.25) is 0 Å². The van der Waals surface area contributed by atoms with Gasteiger partial charge >= 0.3 is 0 Å². The van der Waals surface area contributed by atoms with Crippen molar-refractivity contribution in [2.24, 2.45) is 0 Å². The number of methoxy groups -OCH3 is 3. The lowest BCUT2D eigenvalue weighted by Crippen LogP contribution is -2.28. The number of para-hydroxylation sites is 1. The fourth-order valence-electron chi connectivity index (χ4n) is 3.32. The molecule has 2 aromatic carbocycles. The summed E-state index contributed by atoms with van der Waals surface area (Å²) in [7, 11) is 4.78. The first kappa shape index (κ1) is 17.1. The van der Waals surface area contributed by atoms with Crippen LogP contribution in [0.1, 0.15) is 28.3 Å². The fraction of sp³-hybridized carbons (Fsp3) is 0.350. The highest BCUT2D eigenvalue weighted by molar-refractivity contribution is 5.98. The Kier molecular flexibility index (Phi) is 5.12. The Morgan fingerprint density at radius 2 is 1.76 bits per heavy atom. The molecule has 0 spiro atoms. The van der Waals surface area contributed by atoms with Crippen molar-refractivity contribution in [3.63, 3.8) is 0 Å². The minimum absolute atomic E-state index is 0.0215. The Morgan fingerprint density at radius 3 is 2.40 bits per heavy atom. The van der Waals surface area contributed by atoms with Crippen molar-refractivity contribution in [1.29, 1.82) is 0 Å². The lowest BCUT2D eigenvalue weighted by atomic mass is 9.98. The summed E-state index contributed by atoms with van der Waals surface area (Å²) in [6.07, 6.45) is 0.949. The molecule has 1 heterocycles. The second-order valence-corrected chi connectivity index (χ2v) is 6.05. The lowest BCUT2D eigenvalue weighted by molar-refractivity contribution is 0.0786. The van der Waals surface area contributed by atoms with E-state index in [1.807, 2.05) is 23.1 Å². The van der Waals surface area contributed by atoms with Crippen molar-refractivity contribution < 1.29 is 19.0 Å². The van der Waals surface area contributed by atoms with Crippen LogP contribution in [0, 0.1) is 0 Å². The molecule has 1 atom stereocenters. The van der Waals surface area contributed by atoms with Crippen LogP contribution in [-0.2, 0) is 0 Å². The van der Waals surface area contributed by atoms with Crippen LogP contribution in [0.3, 0.4) is 0 Å². The van der Waals surface area contributed by atoms with Gasteiger partial charge in [0.15, 0.2) is 11.5 Å². The van der Waals surface area contributed by atoms with E-state index in [0.717, 1.165) is 18.7 Å². The van der Waals surface area contributed by atoms with Gasteiger partial charge in [0.1, 0.15) is 5.75 Å². The third kappa shape index (κ3) is 3.40. The van der Waals surface area contributed by atoms with E-state index in [2.05, 4.69) is 12.1 Å². The molecule has 1 amide bonds. The third-order valence-electron chi connectivity index (χ3n) is 4.70. The van der Waals surface area contributed by atoms with E-state index in [9.17, 15) is 4.79 Å². The van der Waals surface area contributed by atoms with Crippen LogP contribution in [0.25, 0.3) is 0 Å². The van der Waals surface area contributed by atoms with Crippen LogP contribution in [0.15, 0.2) is 42.5 Å². The average molecular weight is 341 g/mol. The highest BCUT2D eigenvalue weighted by Crippen LogP contribution is 2.34.